The first-order valence-corrected chi connectivity index (χ1v) is 17.4. The zero-order chi connectivity index (χ0) is 30.9. The van der Waals surface area contributed by atoms with E-state index in [1.165, 1.54) is 18.4 Å². The molecule has 5 nitrogen and oxygen atoms in total. The number of hydrogen-bond acceptors (Lipinski definition) is 4. The Kier molecular flexibility index (Phi) is 6.40. The van der Waals surface area contributed by atoms with Gasteiger partial charge in [-0.25, -0.2) is 0 Å². The third-order valence-electron chi connectivity index (χ3n) is 16.9. The van der Waals surface area contributed by atoms with E-state index in [0.29, 0.717) is 18.3 Å². The van der Waals surface area contributed by atoms with Gasteiger partial charge in [-0.2, -0.15) is 0 Å². The van der Waals surface area contributed by atoms with Crippen molar-refractivity contribution in [1.29, 1.82) is 0 Å². The van der Waals surface area contributed by atoms with Crippen molar-refractivity contribution in [3.63, 3.8) is 0 Å². The van der Waals surface area contributed by atoms with Crippen molar-refractivity contribution >= 4 is 5.97 Å². The normalized spacial score (nSPS) is 55.4. The molecule has 0 radical (unpaired) electrons. The number of carboxylic acids is 1. The molecule has 6 aliphatic rings. The molecule has 2 bridgehead atoms. The quantitative estimate of drug-likeness (QED) is 0.335. The second kappa shape index (κ2) is 9.10. The van der Waals surface area contributed by atoms with Crippen LogP contribution in [0.3, 0.4) is 0 Å². The number of carbonyl (C=O) groups is 1. The standard InChI is InChI=1S/C38H56O5/c1-25-37-13-12-27-33(4)17-16-31(2)14-15-32(3,30(40)41)23-28(31)34(33,5)18-19-35(27,6)36(37,24-39)20-21-38(25,42)43-29(37)22-26-10-8-7-9-11-26/h7-11,25,27-29,39,42H,12-24H2,1-6H3,(H,40,41)/t25-,27-,28-,29+,31-,32-,33-,34+,35-,36-,37-,38+/m1/s1. The molecule has 7 rings (SSSR count). The number of benzene rings is 1. The molecule has 0 aromatic heterocycles. The van der Waals surface area contributed by atoms with Crippen LogP contribution in [0, 0.1) is 55.7 Å². The van der Waals surface area contributed by atoms with Gasteiger partial charge in [-0.15, -0.1) is 0 Å². The van der Waals surface area contributed by atoms with Crippen molar-refractivity contribution in [2.24, 2.45) is 55.7 Å². The maximum Gasteiger partial charge on any atom is 0.309 e. The van der Waals surface area contributed by atoms with Gasteiger partial charge in [-0.3, -0.25) is 4.79 Å². The van der Waals surface area contributed by atoms with Gasteiger partial charge in [0.1, 0.15) is 0 Å². The van der Waals surface area contributed by atoms with E-state index in [-0.39, 0.29) is 51.1 Å². The molecule has 238 valence electrons. The van der Waals surface area contributed by atoms with Gasteiger partial charge in [0, 0.05) is 29.8 Å². The average molecular weight is 593 g/mol. The van der Waals surface area contributed by atoms with Crippen LogP contribution < -0.4 is 0 Å². The predicted molar refractivity (Wildman–Crippen MR) is 167 cm³/mol. The number of carboxylic acid groups (broad SMARTS) is 1. The molecular formula is C38H56O5. The van der Waals surface area contributed by atoms with Crippen molar-refractivity contribution < 1.29 is 24.9 Å². The highest BCUT2D eigenvalue weighted by Crippen LogP contribution is 2.83. The topological polar surface area (TPSA) is 87.0 Å². The first-order chi connectivity index (χ1) is 20.1. The number of aliphatic carboxylic acids is 1. The third-order valence-corrected chi connectivity index (χ3v) is 16.9. The van der Waals surface area contributed by atoms with Crippen LogP contribution in [-0.2, 0) is 16.0 Å². The number of hydrogen-bond donors (Lipinski definition) is 3. The van der Waals surface area contributed by atoms with E-state index < -0.39 is 17.2 Å². The van der Waals surface area contributed by atoms with Gasteiger partial charge in [0.25, 0.3) is 0 Å². The molecule has 5 saturated carbocycles. The van der Waals surface area contributed by atoms with Crippen LogP contribution >= 0.6 is 0 Å². The summed E-state index contributed by atoms with van der Waals surface area (Å²) in [5, 5.41) is 34.0. The van der Waals surface area contributed by atoms with Crippen LogP contribution in [0.2, 0.25) is 0 Å². The summed E-state index contributed by atoms with van der Waals surface area (Å²) in [6.07, 6.45) is 11.1. The van der Waals surface area contributed by atoms with Crippen LogP contribution in [-0.4, -0.2) is 39.8 Å². The van der Waals surface area contributed by atoms with Gasteiger partial charge >= 0.3 is 5.97 Å². The number of rotatable bonds is 4. The zero-order valence-corrected chi connectivity index (χ0v) is 27.5. The summed E-state index contributed by atoms with van der Waals surface area (Å²) >= 11 is 0. The summed E-state index contributed by atoms with van der Waals surface area (Å²) < 4.78 is 6.77. The van der Waals surface area contributed by atoms with E-state index in [2.05, 4.69) is 65.0 Å². The lowest BCUT2D eigenvalue weighted by Gasteiger charge is -2.77. The minimum Gasteiger partial charge on any atom is -0.481 e. The molecule has 43 heavy (non-hydrogen) atoms. The molecule has 1 aliphatic heterocycles. The molecule has 0 amide bonds. The summed E-state index contributed by atoms with van der Waals surface area (Å²) in [5.74, 6) is -0.979. The maximum atomic E-state index is 12.5. The molecule has 1 spiro atoms. The second-order valence-corrected chi connectivity index (χ2v) is 17.8. The predicted octanol–water partition coefficient (Wildman–Crippen LogP) is 7.63. The molecule has 1 heterocycles. The van der Waals surface area contributed by atoms with Crippen LogP contribution in [0.1, 0.15) is 118 Å². The van der Waals surface area contributed by atoms with E-state index in [1.807, 2.05) is 6.92 Å². The minimum absolute atomic E-state index is 0.0437. The van der Waals surface area contributed by atoms with Gasteiger partial charge < -0.3 is 20.1 Å². The maximum absolute atomic E-state index is 12.5. The molecule has 5 aliphatic carbocycles. The minimum atomic E-state index is -1.13. The molecule has 5 heteroatoms. The van der Waals surface area contributed by atoms with Crippen molar-refractivity contribution in [3.8, 4) is 0 Å². The number of ether oxygens (including phenoxy) is 1. The molecular weight excluding hydrogens is 536 g/mol. The summed E-state index contributed by atoms with van der Waals surface area (Å²) in [4.78, 5) is 12.5. The lowest BCUT2D eigenvalue weighted by Crippen LogP contribution is -2.73. The Hall–Kier alpha value is -1.43. The summed E-state index contributed by atoms with van der Waals surface area (Å²) in [5.41, 5.74) is 0.174. The lowest BCUT2D eigenvalue weighted by atomic mass is 9.26. The van der Waals surface area contributed by atoms with Gasteiger partial charge in [0.2, 0.25) is 0 Å². The summed E-state index contributed by atoms with van der Waals surface area (Å²) in [7, 11) is 0. The zero-order valence-electron chi connectivity index (χ0n) is 27.5. The molecule has 6 fully saturated rings. The fraction of sp³-hybridized carbons (Fsp3) is 0.816. The monoisotopic (exact) mass is 592 g/mol. The average Bonchev–Trinajstić information content (AvgIpc) is 3.10. The van der Waals surface area contributed by atoms with Crippen molar-refractivity contribution in [3.05, 3.63) is 35.9 Å². The van der Waals surface area contributed by atoms with Crippen molar-refractivity contribution in [1.82, 2.24) is 0 Å². The van der Waals surface area contributed by atoms with Crippen LogP contribution in [0.15, 0.2) is 30.3 Å². The second-order valence-electron chi connectivity index (χ2n) is 17.8. The van der Waals surface area contributed by atoms with E-state index in [4.69, 9.17) is 4.74 Å². The Morgan fingerprint density at radius 1 is 0.837 bits per heavy atom. The highest BCUT2D eigenvalue weighted by Gasteiger charge is 2.81. The SMILES string of the molecule is C[C@@H]1[C@@]23CC[C@H]4[C@@](C)(CC[C@@]5(C)[C@@H]6C[C@](C)(C(=O)O)CC[C@]6(C)CC[C@]45C)[C@]2(CO)CC[C@]1(O)O[C@H]3Cc1ccccc1. The summed E-state index contributed by atoms with van der Waals surface area (Å²) in [6.45, 7) is 14.5. The van der Waals surface area contributed by atoms with E-state index in [9.17, 15) is 20.1 Å². The molecule has 1 saturated heterocycles. The Morgan fingerprint density at radius 3 is 2.14 bits per heavy atom. The first kappa shape index (κ1) is 30.2. The van der Waals surface area contributed by atoms with Crippen LogP contribution in [0.25, 0.3) is 0 Å². The van der Waals surface area contributed by atoms with E-state index in [0.717, 1.165) is 57.8 Å². The largest absolute Gasteiger partial charge is 0.481 e. The van der Waals surface area contributed by atoms with Gasteiger partial charge in [-0.05, 0) is 117 Å². The lowest BCUT2D eigenvalue weighted by molar-refractivity contribution is -0.307. The van der Waals surface area contributed by atoms with Gasteiger partial charge in [0.15, 0.2) is 5.79 Å². The van der Waals surface area contributed by atoms with E-state index in [1.54, 1.807) is 0 Å². The molecule has 1 aromatic rings. The fourth-order valence-electron chi connectivity index (χ4n) is 13.9. The Bertz CT molecular complexity index is 1300. The smallest absolute Gasteiger partial charge is 0.309 e. The Labute approximate surface area is 259 Å². The number of aliphatic hydroxyl groups excluding tert-OH is 1. The third kappa shape index (κ3) is 3.43. The molecule has 12 atom stereocenters. The van der Waals surface area contributed by atoms with Crippen LogP contribution in [0.5, 0.6) is 0 Å². The highest BCUT2D eigenvalue weighted by atomic mass is 16.6. The summed E-state index contributed by atoms with van der Waals surface area (Å²) in [6, 6.07) is 10.6. The molecule has 3 N–H and O–H groups in total. The van der Waals surface area contributed by atoms with Crippen molar-refractivity contribution in [2.75, 3.05) is 6.61 Å². The van der Waals surface area contributed by atoms with Gasteiger partial charge in [-0.1, -0.05) is 65.0 Å². The van der Waals surface area contributed by atoms with Gasteiger partial charge in [0.05, 0.1) is 11.5 Å². The Balaban J connectivity index is 1.32. The number of aliphatic hydroxyl groups is 2. The Morgan fingerprint density at radius 2 is 1.47 bits per heavy atom. The first-order valence-electron chi connectivity index (χ1n) is 17.4. The number of fused-ring (bicyclic) bond motifs is 7. The highest BCUT2D eigenvalue weighted by molar-refractivity contribution is 5.74. The molecule has 1 aromatic carbocycles. The van der Waals surface area contributed by atoms with E-state index >= 15 is 0 Å². The fourth-order valence-corrected chi connectivity index (χ4v) is 13.9. The van der Waals surface area contributed by atoms with Crippen LogP contribution in [0.4, 0.5) is 0 Å². The van der Waals surface area contributed by atoms with Crippen molar-refractivity contribution in [2.45, 2.75) is 130 Å². The molecule has 0 unspecified atom stereocenters.